The van der Waals surface area contributed by atoms with Crippen LogP contribution in [-0.2, 0) is 0 Å². The van der Waals surface area contributed by atoms with E-state index in [1.807, 2.05) is 0 Å². The first-order chi connectivity index (χ1) is 6.02. The number of hydrogen-bond donors (Lipinski definition) is 3. The van der Waals surface area contributed by atoms with E-state index in [0.717, 1.165) is 0 Å². The number of nitrogens with two attached hydrogens (primary N) is 2. The normalized spacial score (nSPS) is 15.4. The first kappa shape index (κ1) is 9.88. The Balaban J connectivity index is 2.97. The summed E-state index contributed by atoms with van der Waals surface area (Å²) in [5.74, 6) is -0.721. The van der Waals surface area contributed by atoms with Crippen molar-refractivity contribution in [1.29, 1.82) is 0 Å². The van der Waals surface area contributed by atoms with Crippen LogP contribution in [0.4, 0.5) is 10.1 Å². The predicted molar refractivity (Wildman–Crippen MR) is 47.2 cm³/mol. The molecule has 1 aromatic rings. The lowest BCUT2D eigenvalue weighted by atomic mass is 10.1. The third-order valence-electron chi connectivity index (χ3n) is 1.79. The molecule has 5 heteroatoms. The molecule has 0 saturated heterocycles. The summed E-state index contributed by atoms with van der Waals surface area (Å²) in [5, 5.41) is 9.15. The summed E-state index contributed by atoms with van der Waals surface area (Å²) in [6, 6.07) is 0.787. The van der Waals surface area contributed by atoms with E-state index in [0.29, 0.717) is 5.56 Å². The van der Waals surface area contributed by atoms with Crippen molar-refractivity contribution < 1.29 is 9.50 Å². The van der Waals surface area contributed by atoms with E-state index in [4.69, 9.17) is 16.6 Å². The largest absolute Gasteiger partial charge is 0.395 e. The van der Waals surface area contributed by atoms with Crippen LogP contribution < -0.4 is 11.5 Å². The molecule has 0 radical (unpaired) electrons. The van der Waals surface area contributed by atoms with Crippen LogP contribution in [0.25, 0.3) is 0 Å². The van der Waals surface area contributed by atoms with Crippen LogP contribution in [-0.4, -0.2) is 16.2 Å². The summed E-state index contributed by atoms with van der Waals surface area (Å²) in [5.41, 5.74) is 11.3. The molecule has 5 N–H and O–H groups in total. The van der Waals surface area contributed by atoms with Crippen LogP contribution in [0.5, 0.6) is 0 Å². The molecule has 0 aromatic carbocycles. The summed E-state index contributed by atoms with van der Waals surface area (Å²) >= 11 is 0. The van der Waals surface area contributed by atoms with Crippen molar-refractivity contribution in [1.82, 2.24) is 4.98 Å². The van der Waals surface area contributed by atoms with Gasteiger partial charge >= 0.3 is 0 Å². The van der Waals surface area contributed by atoms with E-state index in [1.165, 1.54) is 12.3 Å². The average Bonchev–Trinajstić information content (AvgIpc) is 2.08. The van der Waals surface area contributed by atoms with E-state index < -0.39 is 18.1 Å². The Morgan fingerprint density at radius 3 is 2.69 bits per heavy atom. The number of aliphatic hydroxyl groups excluding tert-OH is 1. The fraction of sp³-hybridized carbons (Fsp3) is 0.375. The molecule has 4 nitrogen and oxygen atoms in total. The third-order valence-corrected chi connectivity index (χ3v) is 1.79. The van der Waals surface area contributed by atoms with Crippen LogP contribution in [0.3, 0.4) is 0 Å². The van der Waals surface area contributed by atoms with Gasteiger partial charge in [0.2, 0.25) is 5.95 Å². The summed E-state index contributed by atoms with van der Waals surface area (Å²) < 4.78 is 12.6. The summed E-state index contributed by atoms with van der Waals surface area (Å²) in [6.07, 6.45) is 0.551. The van der Waals surface area contributed by atoms with Gasteiger partial charge in [0.25, 0.3) is 0 Å². The zero-order valence-electron chi connectivity index (χ0n) is 7.24. The minimum atomic E-state index is -0.721. The van der Waals surface area contributed by atoms with Gasteiger partial charge in [0, 0.05) is 6.20 Å². The maximum Gasteiger partial charge on any atom is 0.236 e. The van der Waals surface area contributed by atoms with Crippen LogP contribution in [0.2, 0.25) is 0 Å². The van der Waals surface area contributed by atoms with Crippen molar-refractivity contribution in [3.05, 3.63) is 23.8 Å². The zero-order chi connectivity index (χ0) is 10.0. The standard InChI is InChI=1S/C8H12FN3O/c1-4(13)7(11)5-2-6(10)8(9)12-3-5/h2-4,7,13H,10-11H2,1H3/t4-,7-/m0/s1. The van der Waals surface area contributed by atoms with Gasteiger partial charge in [-0.2, -0.15) is 4.39 Å². The van der Waals surface area contributed by atoms with E-state index >= 15 is 0 Å². The Labute approximate surface area is 75.4 Å². The quantitative estimate of drug-likeness (QED) is 0.574. The smallest absolute Gasteiger partial charge is 0.236 e. The van der Waals surface area contributed by atoms with Gasteiger partial charge < -0.3 is 16.6 Å². The molecule has 0 aliphatic heterocycles. The van der Waals surface area contributed by atoms with Gasteiger partial charge in [0.15, 0.2) is 0 Å². The molecule has 2 atom stereocenters. The number of nitrogens with zero attached hydrogens (tertiary/aromatic N) is 1. The number of halogens is 1. The lowest BCUT2D eigenvalue weighted by Gasteiger charge is -2.14. The van der Waals surface area contributed by atoms with E-state index in [2.05, 4.69) is 4.98 Å². The first-order valence-electron chi connectivity index (χ1n) is 3.87. The van der Waals surface area contributed by atoms with E-state index in [-0.39, 0.29) is 5.69 Å². The topological polar surface area (TPSA) is 85.2 Å². The highest BCUT2D eigenvalue weighted by atomic mass is 19.1. The molecule has 1 heterocycles. The zero-order valence-corrected chi connectivity index (χ0v) is 7.24. The van der Waals surface area contributed by atoms with Crippen LogP contribution >= 0.6 is 0 Å². The lowest BCUT2D eigenvalue weighted by molar-refractivity contribution is 0.164. The van der Waals surface area contributed by atoms with Crippen molar-refractivity contribution in [2.45, 2.75) is 19.1 Å². The molecule has 0 spiro atoms. The lowest BCUT2D eigenvalue weighted by Crippen LogP contribution is -2.23. The number of aromatic nitrogens is 1. The number of anilines is 1. The molecule has 0 aliphatic carbocycles. The molecule has 0 amide bonds. The number of aliphatic hydroxyl groups is 1. The molecule has 1 rings (SSSR count). The molecule has 0 fully saturated rings. The van der Waals surface area contributed by atoms with Gasteiger partial charge in [0.1, 0.15) is 0 Å². The van der Waals surface area contributed by atoms with Crippen molar-refractivity contribution >= 4 is 5.69 Å². The Hall–Kier alpha value is -1.20. The molecular formula is C8H12FN3O. The minimum absolute atomic E-state index is 0.0615. The second-order valence-corrected chi connectivity index (χ2v) is 2.92. The van der Waals surface area contributed by atoms with Gasteiger partial charge in [-0.3, -0.25) is 0 Å². The van der Waals surface area contributed by atoms with Gasteiger partial charge in [0.05, 0.1) is 17.8 Å². The molecule has 72 valence electrons. The van der Waals surface area contributed by atoms with Crippen LogP contribution in [0.1, 0.15) is 18.5 Å². The second kappa shape index (κ2) is 3.68. The summed E-state index contributed by atoms with van der Waals surface area (Å²) in [4.78, 5) is 3.40. The maximum atomic E-state index is 12.6. The van der Waals surface area contributed by atoms with E-state index in [9.17, 15) is 4.39 Å². The highest BCUT2D eigenvalue weighted by Crippen LogP contribution is 2.17. The van der Waals surface area contributed by atoms with Crippen LogP contribution in [0.15, 0.2) is 12.3 Å². The number of rotatable bonds is 2. The molecule has 0 bridgehead atoms. The minimum Gasteiger partial charge on any atom is -0.395 e. The van der Waals surface area contributed by atoms with Crippen LogP contribution in [0, 0.1) is 5.95 Å². The molecule has 13 heavy (non-hydrogen) atoms. The fourth-order valence-electron chi connectivity index (χ4n) is 0.943. The Morgan fingerprint density at radius 2 is 2.23 bits per heavy atom. The number of hydrogen-bond acceptors (Lipinski definition) is 4. The van der Waals surface area contributed by atoms with Crippen molar-refractivity contribution in [3.63, 3.8) is 0 Å². The summed E-state index contributed by atoms with van der Waals surface area (Å²) in [6.45, 7) is 1.55. The second-order valence-electron chi connectivity index (χ2n) is 2.92. The first-order valence-corrected chi connectivity index (χ1v) is 3.87. The summed E-state index contributed by atoms with van der Waals surface area (Å²) in [7, 11) is 0. The predicted octanol–water partition coefficient (Wildman–Crippen LogP) is 0.184. The monoisotopic (exact) mass is 185 g/mol. The van der Waals surface area contributed by atoms with Gasteiger partial charge in [-0.1, -0.05) is 0 Å². The number of nitrogen functional groups attached to an aromatic ring is 1. The molecular weight excluding hydrogens is 173 g/mol. The van der Waals surface area contributed by atoms with E-state index in [1.54, 1.807) is 6.92 Å². The van der Waals surface area contributed by atoms with Gasteiger partial charge in [-0.15, -0.1) is 0 Å². The maximum absolute atomic E-state index is 12.6. The molecule has 0 unspecified atom stereocenters. The van der Waals surface area contributed by atoms with Gasteiger partial charge in [-0.25, -0.2) is 4.98 Å². The van der Waals surface area contributed by atoms with Crippen molar-refractivity contribution in [2.75, 3.05) is 5.73 Å². The Kier molecular flexibility index (Phi) is 2.79. The average molecular weight is 185 g/mol. The van der Waals surface area contributed by atoms with Crippen molar-refractivity contribution in [2.24, 2.45) is 5.73 Å². The highest BCUT2D eigenvalue weighted by molar-refractivity contribution is 5.39. The van der Waals surface area contributed by atoms with Gasteiger partial charge in [-0.05, 0) is 18.6 Å². The highest BCUT2D eigenvalue weighted by Gasteiger charge is 2.13. The number of pyridine rings is 1. The fourth-order valence-corrected chi connectivity index (χ4v) is 0.943. The molecule has 0 aliphatic rings. The van der Waals surface area contributed by atoms with Crippen molar-refractivity contribution in [3.8, 4) is 0 Å². The molecule has 0 saturated carbocycles. The third kappa shape index (κ3) is 2.13. The SMILES string of the molecule is C[C@H](O)[C@H](N)c1cnc(F)c(N)c1. The Bertz CT molecular complexity index is 303. The Morgan fingerprint density at radius 1 is 1.62 bits per heavy atom. The molecule has 1 aromatic heterocycles.